The maximum atomic E-state index is 2.62. The SMILES string of the molecule is CC(C)(C)c1ccc(N(c2ccccc2)c2cc3c4c(c2)N(c2ccc(C(C)(C)C)cc2)c2sc5ccc(C(C)(C)C)cc5c2B4c2cc(C(C)(C)C)ccc2N3c2ccc(C(C)(C)C)cc2)cc1. The summed E-state index contributed by atoms with van der Waals surface area (Å²) in [5, 5.41) is 2.64. The average Bonchev–Trinajstić information content (AvgIpc) is 3.66. The van der Waals surface area contributed by atoms with Crippen molar-refractivity contribution in [3.63, 3.8) is 0 Å². The van der Waals surface area contributed by atoms with E-state index in [9.17, 15) is 0 Å². The number of fused-ring (bicyclic) bond motifs is 6. The Bertz CT molecular complexity index is 3220. The molecule has 69 heavy (non-hydrogen) atoms. The van der Waals surface area contributed by atoms with Gasteiger partial charge in [0.1, 0.15) is 0 Å². The van der Waals surface area contributed by atoms with Crippen LogP contribution in [-0.4, -0.2) is 6.71 Å². The fourth-order valence-electron chi connectivity index (χ4n) is 10.5. The Hall–Kier alpha value is -6.04. The first-order valence-electron chi connectivity index (χ1n) is 25.0. The number of hydrogen-bond donors (Lipinski definition) is 0. The van der Waals surface area contributed by atoms with Gasteiger partial charge < -0.3 is 14.7 Å². The van der Waals surface area contributed by atoms with Crippen LogP contribution in [0.5, 0.6) is 0 Å². The van der Waals surface area contributed by atoms with E-state index < -0.39 is 0 Å². The molecule has 0 fully saturated rings. The van der Waals surface area contributed by atoms with Crippen molar-refractivity contribution in [2.24, 2.45) is 0 Å². The smallest absolute Gasteiger partial charge is 0.254 e. The molecule has 2 aliphatic heterocycles. The summed E-state index contributed by atoms with van der Waals surface area (Å²) in [4.78, 5) is 7.67. The van der Waals surface area contributed by atoms with E-state index in [4.69, 9.17) is 0 Å². The highest BCUT2D eigenvalue weighted by Gasteiger charge is 2.46. The van der Waals surface area contributed by atoms with Gasteiger partial charge in [0, 0.05) is 44.5 Å². The summed E-state index contributed by atoms with van der Waals surface area (Å²) >= 11 is 1.94. The molecule has 8 aromatic rings. The van der Waals surface area contributed by atoms with Crippen LogP contribution in [0.4, 0.5) is 50.5 Å². The van der Waals surface area contributed by atoms with Crippen LogP contribution < -0.4 is 31.1 Å². The van der Waals surface area contributed by atoms with E-state index in [-0.39, 0.29) is 33.8 Å². The molecule has 3 heterocycles. The molecule has 350 valence electrons. The summed E-state index contributed by atoms with van der Waals surface area (Å²) in [5.41, 5.74) is 20.1. The third-order valence-corrected chi connectivity index (χ3v) is 15.8. The fourth-order valence-corrected chi connectivity index (χ4v) is 11.7. The summed E-state index contributed by atoms with van der Waals surface area (Å²) in [6.07, 6.45) is 0. The molecular weight excluding hydrogens is 854 g/mol. The highest BCUT2D eigenvalue weighted by Crippen LogP contribution is 2.51. The minimum atomic E-state index is -0.0473. The van der Waals surface area contributed by atoms with Gasteiger partial charge >= 0.3 is 0 Å². The number of thiophene rings is 1. The van der Waals surface area contributed by atoms with Crippen molar-refractivity contribution in [3.05, 3.63) is 179 Å². The lowest BCUT2D eigenvalue weighted by atomic mass is 9.33. The molecule has 5 heteroatoms. The number of benzene rings is 7. The largest absolute Gasteiger partial charge is 0.311 e. The lowest BCUT2D eigenvalue weighted by molar-refractivity contribution is 0.590. The van der Waals surface area contributed by atoms with Crippen molar-refractivity contribution >= 4 is 95.0 Å². The maximum absolute atomic E-state index is 2.62. The van der Waals surface area contributed by atoms with Gasteiger partial charge in [-0.2, -0.15) is 0 Å². The van der Waals surface area contributed by atoms with Crippen LogP contribution >= 0.6 is 11.3 Å². The predicted molar refractivity (Wildman–Crippen MR) is 304 cm³/mol. The zero-order valence-corrected chi connectivity index (χ0v) is 44.6. The summed E-state index contributed by atoms with van der Waals surface area (Å²) in [7, 11) is 0. The topological polar surface area (TPSA) is 9.72 Å². The summed E-state index contributed by atoms with van der Waals surface area (Å²) < 4.78 is 1.32. The Morgan fingerprint density at radius 1 is 0.377 bits per heavy atom. The zero-order chi connectivity index (χ0) is 49.2. The standard InChI is InChI=1S/C64H70BN3S/c1-60(2,3)41-21-29-47(30-22-41)66(46-19-17-16-18-20-46)50-39-54-58-55(40-50)68(49-33-25-43(26-34-49)62(7,8)9)59-57(51-37-44(63(10,11)12)28-36-56(51)69-59)65(58)52-38-45(64(13,14)15)27-35-53(52)67(54)48-31-23-42(24-32-48)61(4,5)6/h16-40H,1-15H3. The molecule has 0 aliphatic carbocycles. The van der Waals surface area contributed by atoms with Gasteiger partial charge in [-0.05, 0) is 149 Å². The zero-order valence-electron chi connectivity index (χ0n) is 43.8. The molecule has 0 saturated heterocycles. The van der Waals surface area contributed by atoms with E-state index >= 15 is 0 Å². The fraction of sp³-hybridized carbons (Fsp3) is 0.312. The second-order valence-corrected chi connectivity index (χ2v) is 25.9. The van der Waals surface area contributed by atoms with Crippen molar-refractivity contribution in [1.82, 2.24) is 0 Å². The van der Waals surface area contributed by atoms with E-state index in [1.54, 1.807) is 0 Å². The van der Waals surface area contributed by atoms with Crippen LogP contribution in [0, 0.1) is 0 Å². The first kappa shape index (κ1) is 46.7. The quantitative estimate of drug-likeness (QED) is 0.159. The average molecular weight is 924 g/mol. The number of para-hydroxylation sites is 1. The van der Waals surface area contributed by atoms with Gasteiger partial charge in [-0.3, -0.25) is 0 Å². The first-order valence-corrected chi connectivity index (χ1v) is 25.9. The van der Waals surface area contributed by atoms with E-state index in [0.29, 0.717) is 0 Å². The number of anilines is 9. The van der Waals surface area contributed by atoms with Gasteiger partial charge in [-0.1, -0.05) is 183 Å². The monoisotopic (exact) mass is 924 g/mol. The minimum Gasteiger partial charge on any atom is -0.311 e. The third kappa shape index (κ3) is 8.29. The number of nitrogens with zero attached hydrogens (tertiary/aromatic N) is 3. The predicted octanol–water partition coefficient (Wildman–Crippen LogP) is 16.9. The normalized spacial score (nSPS) is 13.9. The van der Waals surface area contributed by atoms with E-state index in [1.807, 2.05) is 11.3 Å². The maximum Gasteiger partial charge on any atom is 0.254 e. The summed E-state index contributed by atoms with van der Waals surface area (Å²) in [5.74, 6) is 0. The van der Waals surface area contributed by atoms with Crippen molar-refractivity contribution in [2.75, 3.05) is 14.7 Å². The molecule has 10 rings (SSSR count). The van der Waals surface area contributed by atoms with Gasteiger partial charge in [0.25, 0.3) is 6.71 Å². The van der Waals surface area contributed by atoms with Gasteiger partial charge in [0.2, 0.25) is 0 Å². The Labute approximate surface area is 417 Å². The molecule has 2 aliphatic rings. The Kier molecular flexibility index (Phi) is 11.0. The van der Waals surface area contributed by atoms with Crippen LogP contribution in [0.2, 0.25) is 0 Å². The second kappa shape index (κ2) is 16.3. The molecule has 0 saturated carbocycles. The van der Waals surface area contributed by atoms with Gasteiger partial charge in [-0.25, -0.2) is 0 Å². The molecule has 0 spiro atoms. The summed E-state index contributed by atoms with van der Waals surface area (Å²) in [6.45, 7) is 34.8. The molecule has 7 aromatic carbocycles. The van der Waals surface area contributed by atoms with Crippen LogP contribution in [-0.2, 0) is 27.1 Å². The molecule has 0 atom stereocenters. The van der Waals surface area contributed by atoms with Crippen molar-refractivity contribution < 1.29 is 0 Å². The molecule has 0 amide bonds. The lowest BCUT2D eigenvalue weighted by Gasteiger charge is -2.44. The van der Waals surface area contributed by atoms with Gasteiger partial charge in [0.15, 0.2) is 0 Å². The number of hydrogen-bond acceptors (Lipinski definition) is 4. The third-order valence-electron chi connectivity index (χ3n) is 14.6. The van der Waals surface area contributed by atoms with Crippen LogP contribution in [0.15, 0.2) is 152 Å². The highest BCUT2D eigenvalue weighted by atomic mass is 32.1. The van der Waals surface area contributed by atoms with Crippen LogP contribution in [0.3, 0.4) is 0 Å². The van der Waals surface area contributed by atoms with Gasteiger partial charge in [0.05, 0.1) is 10.7 Å². The van der Waals surface area contributed by atoms with Crippen molar-refractivity contribution in [3.8, 4) is 0 Å². The van der Waals surface area contributed by atoms with Crippen molar-refractivity contribution in [2.45, 2.75) is 131 Å². The Morgan fingerprint density at radius 2 is 0.812 bits per heavy atom. The molecular formula is C64H70BN3S. The summed E-state index contributed by atoms with van der Waals surface area (Å²) in [6, 6.07) is 58.7. The first-order chi connectivity index (χ1) is 32.4. The second-order valence-electron chi connectivity index (χ2n) is 24.9. The van der Waals surface area contributed by atoms with E-state index in [0.717, 1.165) is 22.7 Å². The molecule has 0 unspecified atom stereocenters. The molecule has 3 nitrogen and oxygen atoms in total. The highest BCUT2D eigenvalue weighted by molar-refractivity contribution is 7.26. The molecule has 0 radical (unpaired) electrons. The number of rotatable bonds is 5. The Morgan fingerprint density at radius 3 is 1.33 bits per heavy atom. The molecule has 0 bridgehead atoms. The molecule has 1 aromatic heterocycles. The van der Waals surface area contributed by atoms with E-state index in [2.05, 4.69) is 270 Å². The van der Waals surface area contributed by atoms with Gasteiger partial charge in [-0.15, -0.1) is 11.3 Å². The minimum absolute atomic E-state index is 0.00993. The lowest BCUT2D eigenvalue weighted by Crippen LogP contribution is -2.61. The van der Waals surface area contributed by atoms with E-state index in [1.165, 1.54) is 82.0 Å². The van der Waals surface area contributed by atoms with Crippen LogP contribution in [0.25, 0.3) is 10.1 Å². The molecule has 0 N–H and O–H groups in total. The Balaban J connectivity index is 1.36. The van der Waals surface area contributed by atoms with Crippen molar-refractivity contribution in [1.29, 1.82) is 0 Å². The van der Waals surface area contributed by atoms with Crippen LogP contribution in [0.1, 0.15) is 132 Å².